The van der Waals surface area contributed by atoms with Crippen molar-refractivity contribution in [3.63, 3.8) is 0 Å². The number of aliphatic imine (C=N–C) groups is 1. The summed E-state index contributed by atoms with van der Waals surface area (Å²) in [5, 5.41) is 6.59. The van der Waals surface area contributed by atoms with Crippen molar-refractivity contribution >= 4 is 29.9 Å². The Morgan fingerprint density at radius 2 is 1.83 bits per heavy atom. The summed E-state index contributed by atoms with van der Waals surface area (Å²) < 4.78 is 5.28. The van der Waals surface area contributed by atoms with E-state index in [2.05, 4.69) is 29.5 Å². The molecule has 2 N–H and O–H groups in total. The maximum atomic E-state index is 5.28. The molecule has 0 amide bonds. The van der Waals surface area contributed by atoms with Crippen LogP contribution < -0.4 is 10.6 Å². The van der Waals surface area contributed by atoms with E-state index in [4.69, 9.17) is 4.74 Å². The van der Waals surface area contributed by atoms with E-state index in [-0.39, 0.29) is 24.0 Å². The van der Waals surface area contributed by atoms with Gasteiger partial charge < -0.3 is 15.4 Å². The van der Waals surface area contributed by atoms with Gasteiger partial charge in [-0.15, -0.1) is 24.0 Å². The molecule has 0 rings (SSSR count). The zero-order valence-corrected chi connectivity index (χ0v) is 14.5. The number of nitrogens with zero attached hydrogens (tertiary/aromatic N) is 1. The van der Waals surface area contributed by atoms with Gasteiger partial charge in [0.1, 0.15) is 0 Å². The molecular weight excluding hydrogens is 341 g/mol. The molecule has 0 radical (unpaired) electrons. The number of halogens is 1. The van der Waals surface area contributed by atoms with Crippen molar-refractivity contribution in [2.75, 3.05) is 32.8 Å². The summed E-state index contributed by atoms with van der Waals surface area (Å²) in [6.07, 6.45) is 4.72. The summed E-state index contributed by atoms with van der Waals surface area (Å²) >= 11 is 0. The van der Waals surface area contributed by atoms with Gasteiger partial charge in [-0.1, -0.05) is 19.8 Å². The molecule has 0 heterocycles. The van der Waals surface area contributed by atoms with Gasteiger partial charge in [0, 0.05) is 32.8 Å². The van der Waals surface area contributed by atoms with E-state index in [1.54, 1.807) is 0 Å². The molecule has 0 atom stereocenters. The molecule has 0 aliphatic rings. The lowest BCUT2D eigenvalue weighted by Gasteiger charge is -2.10. The molecule has 0 bridgehead atoms. The van der Waals surface area contributed by atoms with Gasteiger partial charge in [-0.3, -0.25) is 4.99 Å². The van der Waals surface area contributed by atoms with Crippen LogP contribution in [0.4, 0.5) is 0 Å². The predicted molar refractivity (Wildman–Crippen MR) is 90.0 cm³/mol. The third-order valence-corrected chi connectivity index (χ3v) is 2.34. The molecule has 0 spiro atoms. The molecular formula is C13H30IN3O. The summed E-state index contributed by atoms with van der Waals surface area (Å²) in [6, 6.07) is 0. The monoisotopic (exact) mass is 371 g/mol. The van der Waals surface area contributed by atoms with Crippen molar-refractivity contribution in [1.82, 2.24) is 10.6 Å². The fraction of sp³-hybridized carbons (Fsp3) is 0.923. The van der Waals surface area contributed by atoms with Crippen LogP contribution in [0, 0.1) is 0 Å². The van der Waals surface area contributed by atoms with E-state index in [0.29, 0.717) is 0 Å². The fourth-order valence-electron chi connectivity index (χ4n) is 1.43. The van der Waals surface area contributed by atoms with E-state index >= 15 is 0 Å². The first kappa shape index (κ1) is 20.3. The van der Waals surface area contributed by atoms with Crippen LogP contribution in [0.3, 0.4) is 0 Å². The normalized spacial score (nSPS) is 10.9. The number of guanidine groups is 1. The summed E-state index contributed by atoms with van der Waals surface area (Å²) in [4.78, 5) is 4.50. The van der Waals surface area contributed by atoms with Gasteiger partial charge in [-0.2, -0.15) is 0 Å². The minimum Gasteiger partial charge on any atom is -0.382 e. The van der Waals surface area contributed by atoms with Crippen LogP contribution in [0.15, 0.2) is 4.99 Å². The number of nitrogens with one attached hydrogen (secondary N) is 2. The Morgan fingerprint density at radius 3 is 2.44 bits per heavy atom. The van der Waals surface area contributed by atoms with Gasteiger partial charge in [0.2, 0.25) is 0 Å². The highest BCUT2D eigenvalue weighted by Gasteiger charge is 1.95. The molecule has 0 aromatic heterocycles. The molecule has 0 unspecified atom stereocenters. The molecule has 0 fully saturated rings. The first-order valence-corrected chi connectivity index (χ1v) is 6.95. The molecule has 0 aromatic rings. The van der Waals surface area contributed by atoms with Crippen LogP contribution in [0.5, 0.6) is 0 Å². The average Bonchev–Trinajstić information content (AvgIpc) is 2.34. The number of ether oxygens (including phenoxy) is 1. The number of hydrogen-bond acceptors (Lipinski definition) is 2. The highest BCUT2D eigenvalue weighted by atomic mass is 127. The largest absolute Gasteiger partial charge is 0.382 e. The Morgan fingerprint density at radius 1 is 1.06 bits per heavy atom. The van der Waals surface area contributed by atoms with Crippen LogP contribution in [0.2, 0.25) is 0 Å². The van der Waals surface area contributed by atoms with E-state index in [0.717, 1.165) is 45.2 Å². The van der Waals surface area contributed by atoms with Crippen molar-refractivity contribution < 1.29 is 4.74 Å². The van der Waals surface area contributed by atoms with Crippen LogP contribution in [-0.4, -0.2) is 38.8 Å². The van der Waals surface area contributed by atoms with Crippen molar-refractivity contribution in [2.24, 2.45) is 4.99 Å². The highest BCUT2D eigenvalue weighted by Crippen LogP contribution is 1.91. The molecule has 0 aromatic carbocycles. The third kappa shape index (κ3) is 14.0. The predicted octanol–water partition coefficient (Wildman–Crippen LogP) is 2.78. The molecule has 0 saturated heterocycles. The zero-order valence-electron chi connectivity index (χ0n) is 12.1. The molecule has 0 aliphatic carbocycles. The minimum absolute atomic E-state index is 0. The topological polar surface area (TPSA) is 45.7 Å². The lowest BCUT2D eigenvalue weighted by atomic mass is 10.2. The maximum Gasteiger partial charge on any atom is 0.191 e. The van der Waals surface area contributed by atoms with Crippen LogP contribution in [-0.2, 0) is 4.74 Å². The number of rotatable bonds is 10. The van der Waals surface area contributed by atoms with E-state index in [1.165, 1.54) is 19.3 Å². The van der Waals surface area contributed by atoms with Crippen molar-refractivity contribution in [2.45, 2.75) is 46.5 Å². The van der Waals surface area contributed by atoms with Crippen LogP contribution in [0.1, 0.15) is 46.5 Å². The lowest BCUT2D eigenvalue weighted by Crippen LogP contribution is -2.37. The zero-order chi connectivity index (χ0) is 12.8. The fourth-order valence-corrected chi connectivity index (χ4v) is 1.43. The summed E-state index contributed by atoms with van der Waals surface area (Å²) in [5.41, 5.74) is 0. The van der Waals surface area contributed by atoms with Crippen LogP contribution >= 0.6 is 24.0 Å². The Kier molecular flexibility index (Phi) is 19.1. The van der Waals surface area contributed by atoms with Gasteiger partial charge in [0.05, 0.1) is 0 Å². The second-order valence-electron chi connectivity index (χ2n) is 3.95. The SMILES string of the molecule is CCCCCNC(=NCCCOCC)NCC.I. The molecule has 18 heavy (non-hydrogen) atoms. The van der Waals surface area contributed by atoms with E-state index in [9.17, 15) is 0 Å². The Balaban J connectivity index is 0. The Hall–Kier alpha value is -0.0400. The Bertz CT molecular complexity index is 189. The van der Waals surface area contributed by atoms with E-state index in [1.807, 2.05) is 6.92 Å². The minimum atomic E-state index is 0. The summed E-state index contributed by atoms with van der Waals surface area (Å²) in [5.74, 6) is 0.931. The van der Waals surface area contributed by atoms with Gasteiger partial charge in [-0.25, -0.2) is 0 Å². The highest BCUT2D eigenvalue weighted by molar-refractivity contribution is 14.0. The molecule has 0 aliphatic heterocycles. The smallest absolute Gasteiger partial charge is 0.191 e. The molecule has 4 nitrogen and oxygen atoms in total. The molecule has 110 valence electrons. The first-order valence-electron chi connectivity index (χ1n) is 6.95. The quantitative estimate of drug-likeness (QED) is 0.269. The third-order valence-electron chi connectivity index (χ3n) is 2.34. The summed E-state index contributed by atoms with van der Waals surface area (Å²) in [6.45, 7) is 10.6. The van der Waals surface area contributed by atoms with Crippen molar-refractivity contribution in [3.8, 4) is 0 Å². The summed E-state index contributed by atoms with van der Waals surface area (Å²) in [7, 11) is 0. The van der Waals surface area contributed by atoms with Gasteiger partial charge >= 0.3 is 0 Å². The van der Waals surface area contributed by atoms with Crippen molar-refractivity contribution in [1.29, 1.82) is 0 Å². The number of unbranched alkanes of at least 4 members (excludes halogenated alkanes) is 2. The number of hydrogen-bond donors (Lipinski definition) is 2. The maximum absolute atomic E-state index is 5.28. The molecule has 0 saturated carbocycles. The second kappa shape index (κ2) is 17.0. The second-order valence-corrected chi connectivity index (χ2v) is 3.95. The Labute approximate surface area is 129 Å². The van der Waals surface area contributed by atoms with Crippen LogP contribution in [0.25, 0.3) is 0 Å². The first-order chi connectivity index (χ1) is 8.35. The van der Waals surface area contributed by atoms with Gasteiger partial charge in [-0.05, 0) is 26.7 Å². The lowest BCUT2D eigenvalue weighted by molar-refractivity contribution is 0.146. The van der Waals surface area contributed by atoms with E-state index < -0.39 is 0 Å². The van der Waals surface area contributed by atoms with Gasteiger partial charge in [0.25, 0.3) is 0 Å². The standard InChI is InChI=1S/C13H29N3O.HI/c1-4-7-8-10-15-13(14-5-2)16-11-9-12-17-6-3;/h4-12H2,1-3H3,(H2,14,15,16);1H. The van der Waals surface area contributed by atoms with Gasteiger partial charge in [0.15, 0.2) is 5.96 Å². The molecule has 5 heteroatoms. The average molecular weight is 371 g/mol. The van der Waals surface area contributed by atoms with Crippen molar-refractivity contribution in [3.05, 3.63) is 0 Å².